The second-order valence-corrected chi connectivity index (χ2v) is 5.53. The molecule has 17 heavy (non-hydrogen) atoms. The van der Waals surface area contributed by atoms with E-state index in [4.69, 9.17) is 9.42 Å². The van der Waals surface area contributed by atoms with Crippen LogP contribution in [0.1, 0.15) is 71.1 Å². The molecule has 0 radical (unpaired) electrons. The van der Waals surface area contributed by atoms with Crippen LogP contribution in [0.25, 0.3) is 0 Å². The van der Waals surface area contributed by atoms with Gasteiger partial charge in [-0.15, -0.1) is 0 Å². The van der Waals surface area contributed by atoms with Crippen LogP contribution >= 0.6 is 8.60 Å². The summed E-state index contributed by atoms with van der Waals surface area (Å²) in [5, 5.41) is 0. The van der Waals surface area contributed by atoms with Gasteiger partial charge in [0.1, 0.15) is 0 Å². The van der Waals surface area contributed by atoms with Crippen LogP contribution in [0, 0.1) is 0 Å². The van der Waals surface area contributed by atoms with Crippen LogP contribution < -0.4 is 0 Å². The molecule has 1 N–H and O–H groups in total. The van der Waals surface area contributed by atoms with Crippen molar-refractivity contribution in [2.24, 2.45) is 0 Å². The Balaban J connectivity index is 2.94. The molecule has 0 rings (SSSR count). The number of hydrogen-bond acceptors (Lipinski definition) is 3. The summed E-state index contributed by atoms with van der Waals surface area (Å²) in [6.45, 7) is 2.87. The van der Waals surface area contributed by atoms with Crippen LogP contribution in [0.5, 0.6) is 0 Å². The summed E-state index contributed by atoms with van der Waals surface area (Å²) in [5.41, 5.74) is 0. The van der Waals surface area contributed by atoms with Gasteiger partial charge in [0.15, 0.2) is 0 Å². The molecular weight excluding hydrogens is 235 g/mol. The van der Waals surface area contributed by atoms with E-state index in [1.807, 2.05) is 0 Å². The van der Waals surface area contributed by atoms with Crippen molar-refractivity contribution in [3.05, 3.63) is 0 Å². The Labute approximate surface area is 108 Å². The standard InChI is InChI=1S/C13H29O3P/c1-3-4-5-6-7-8-9-10-11-12-13-16-17(14)15-2/h14H,3-13H2,1-2H3. The van der Waals surface area contributed by atoms with Crippen molar-refractivity contribution >= 4 is 8.60 Å². The molecule has 1 unspecified atom stereocenters. The maximum Gasteiger partial charge on any atom is 0.329 e. The third-order valence-electron chi connectivity index (χ3n) is 2.86. The van der Waals surface area contributed by atoms with E-state index in [-0.39, 0.29) is 0 Å². The first kappa shape index (κ1) is 17.3. The highest BCUT2D eigenvalue weighted by molar-refractivity contribution is 7.40. The highest BCUT2D eigenvalue weighted by Crippen LogP contribution is 2.31. The van der Waals surface area contributed by atoms with Crippen molar-refractivity contribution in [2.75, 3.05) is 13.7 Å². The van der Waals surface area contributed by atoms with Gasteiger partial charge in [-0.25, -0.2) is 0 Å². The minimum absolute atomic E-state index is 0.618. The highest BCUT2D eigenvalue weighted by Gasteiger charge is 2.01. The van der Waals surface area contributed by atoms with Crippen molar-refractivity contribution in [1.29, 1.82) is 0 Å². The van der Waals surface area contributed by atoms with E-state index in [0.29, 0.717) is 6.61 Å². The van der Waals surface area contributed by atoms with Gasteiger partial charge in [0.2, 0.25) is 0 Å². The van der Waals surface area contributed by atoms with Crippen molar-refractivity contribution in [3.8, 4) is 0 Å². The zero-order chi connectivity index (χ0) is 12.8. The molecule has 0 spiro atoms. The summed E-state index contributed by atoms with van der Waals surface area (Å²) < 4.78 is 9.70. The molecule has 0 heterocycles. The van der Waals surface area contributed by atoms with Gasteiger partial charge in [-0.2, -0.15) is 0 Å². The second-order valence-electron chi connectivity index (χ2n) is 4.44. The summed E-state index contributed by atoms with van der Waals surface area (Å²) in [6.07, 6.45) is 13.1. The SMILES string of the molecule is CCCCCCCCCCCCOP(O)OC. The van der Waals surface area contributed by atoms with E-state index >= 15 is 0 Å². The van der Waals surface area contributed by atoms with Gasteiger partial charge in [0, 0.05) is 7.11 Å². The largest absolute Gasteiger partial charge is 0.329 e. The monoisotopic (exact) mass is 264 g/mol. The Hall–Kier alpha value is 0.310. The number of rotatable bonds is 13. The molecule has 0 fully saturated rings. The quantitative estimate of drug-likeness (QED) is 0.384. The molecule has 0 aliphatic heterocycles. The topological polar surface area (TPSA) is 38.7 Å². The molecule has 4 heteroatoms. The van der Waals surface area contributed by atoms with E-state index in [0.717, 1.165) is 6.42 Å². The first-order valence-corrected chi connectivity index (χ1v) is 8.10. The lowest BCUT2D eigenvalue weighted by Gasteiger charge is -2.07. The Morgan fingerprint density at radius 1 is 0.824 bits per heavy atom. The Morgan fingerprint density at radius 2 is 1.29 bits per heavy atom. The fourth-order valence-corrected chi connectivity index (χ4v) is 2.18. The van der Waals surface area contributed by atoms with E-state index in [1.54, 1.807) is 0 Å². The first-order chi connectivity index (χ1) is 8.31. The smallest absolute Gasteiger partial charge is 0.328 e. The third kappa shape index (κ3) is 14.2. The van der Waals surface area contributed by atoms with Crippen LogP contribution in [0.15, 0.2) is 0 Å². The molecule has 0 saturated heterocycles. The average Bonchev–Trinajstić information content (AvgIpc) is 2.35. The van der Waals surface area contributed by atoms with Crippen LogP contribution in [-0.4, -0.2) is 18.6 Å². The Kier molecular flexibility index (Phi) is 14.6. The number of unbranched alkanes of at least 4 members (excludes halogenated alkanes) is 9. The molecule has 0 aliphatic carbocycles. The zero-order valence-corrected chi connectivity index (χ0v) is 12.4. The van der Waals surface area contributed by atoms with Gasteiger partial charge >= 0.3 is 8.60 Å². The lowest BCUT2D eigenvalue weighted by Crippen LogP contribution is -1.91. The molecule has 104 valence electrons. The molecule has 0 aromatic rings. The van der Waals surface area contributed by atoms with Crippen molar-refractivity contribution in [3.63, 3.8) is 0 Å². The zero-order valence-electron chi connectivity index (χ0n) is 11.5. The Bertz CT molecular complexity index is 145. The van der Waals surface area contributed by atoms with Gasteiger partial charge in [0.05, 0.1) is 6.61 Å². The van der Waals surface area contributed by atoms with Crippen molar-refractivity contribution < 1.29 is 13.9 Å². The molecule has 0 aromatic heterocycles. The molecule has 0 amide bonds. The Morgan fingerprint density at radius 3 is 1.76 bits per heavy atom. The molecule has 1 atom stereocenters. The van der Waals surface area contributed by atoms with Crippen LogP contribution in [-0.2, 0) is 9.05 Å². The van der Waals surface area contributed by atoms with E-state index < -0.39 is 8.60 Å². The summed E-state index contributed by atoms with van der Waals surface area (Å²) in [6, 6.07) is 0. The van der Waals surface area contributed by atoms with Crippen molar-refractivity contribution in [2.45, 2.75) is 71.1 Å². The maximum atomic E-state index is 9.02. The normalized spacial score (nSPS) is 12.9. The highest BCUT2D eigenvalue weighted by atomic mass is 31.2. The van der Waals surface area contributed by atoms with Crippen molar-refractivity contribution in [1.82, 2.24) is 0 Å². The lowest BCUT2D eigenvalue weighted by molar-refractivity contribution is 0.224. The average molecular weight is 264 g/mol. The fraction of sp³-hybridized carbons (Fsp3) is 1.00. The predicted octanol–water partition coefficient (Wildman–Crippen LogP) is 4.79. The van der Waals surface area contributed by atoms with Gasteiger partial charge < -0.3 is 13.9 Å². The molecule has 3 nitrogen and oxygen atoms in total. The third-order valence-corrected chi connectivity index (χ3v) is 3.57. The van der Waals surface area contributed by atoms with Gasteiger partial charge in [-0.1, -0.05) is 64.7 Å². The summed E-state index contributed by atoms with van der Waals surface area (Å²) in [7, 11) is -0.152. The molecule has 0 aromatic carbocycles. The van der Waals surface area contributed by atoms with Crippen LogP contribution in [0.3, 0.4) is 0 Å². The molecule has 0 bridgehead atoms. The lowest BCUT2D eigenvalue weighted by atomic mass is 10.1. The maximum absolute atomic E-state index is 9.02. The summed E-state index contributed by atoms with van der Waals surface area (Å²) in [4.78, 5) is 9.02. The fourth-order valence-electron chi connectivity index (χ4n) is 1.78. The summed E-state index contributed by atoms with van der Waals surface area (Å²) in [5.74, 6) is 0. The second kappa shape index (κ2) is 14.4. The summed E-state index contributed by atoms with van der Waals surface area (Å²) >= 11 is 0. The van der Waals surface area contributed by atoms with E-state index in [9.17, 15) is 0 Å². The van der Waals surface area contributed by atoms with Gasteiger partial charge in [-0.05, 0) is 6.42 Å². The minimum Gasteiger partial charge on any atom is -0.328 e. The first-order valence-electron chi connectivity index (χ1n) is 6.97. The minimum atomic E-state index is -1.61. The number of hydrogen-bond donors (Lipinski definition) is 1. The van der Waals surface area contributed by atoms with Gasteiger partial charge in [0.25, 0.3) is 0 Å². The van der Waals surface area contributed by atoms with E-state index in [2.05, 4.69) is 11.4 Å². The van der Waals surface area contributed by atoms with Gasteiger partial charge in [-0.3, -0.25) is 0 Å². The molecule has 0 aliphatic rings. The molecular formula is C13H29O3P. The van der Waals surface area contributed by atoms with E-state index in [1.165, 1.54) is 64.9 Å². The predicted molar refractivity (Wildman–Crippen MR) is 73.9 cm³/mol. The molecule has 0 saturated carbocycles. The van der Waals surface area contributed by atoms with Crippen LogP contribution in [0.4, 0.5) is 0 Å². The van der Waals surface area contributed by atoms with Crippen LogP contribution in [0.2, 0.25) is 0 Å².